The van der Waals surface area contributed by atoms with Crippen molar-refractivity contribution in [1.82, 2.24) is 5.32 Å². The molecule has 0 aromatic heterocycles. The minimum atomic E-state index is -0.469. The van der Waals surface area contributed by atoms with Crippen LogP contribution in [0.15, 0.2) is 66.7 Å². The molecule has 27 heavy (non-hydrogen) atoms. The highest BCUT2D eigenvalue weighted by molar-refractivity contribution is 6.18. The van der Waals surface area contributed by atoms with E-state index >= 15 is 0 Å². The summed E-state index contributed by atoms with van der Waals surface area (Å²) < 4.78 is 5.28. The summed E-state index contributed by atoms with van der Waals surface area (Å²) >= 11 is 0. The van der Waals surface area contributed by atoms with Gasteiger partial charge in [-0.3, -0.25) is 0 Å². The fourth-order valence-electron chi connectivity index (χ4n) is 3.86. The van der Waals surface area contributed by atoms with Gasteiger partial charge in [0, 0.05) is 13.7 Å². The minimum Gasteiger partial charge on any atom is -0.394 e. The highest BCUT2D eigenvalue weighted by Gasteiger charge is 2.23. The maximum absolute atomic E-state index is 9.78. The van der Waals surface area contributed by atoms with Crippen LogP contribution in [0.5, 0.6) is 0 Å². The maximum atomic E-state index is 9.78. The first-order chi connectivity index (χ1) is 13.1. The third-order valence-corrected chi connectivity index (χ3v) is 5.37. The first-order valence-corrected chi connectivity index (χ1v) is 9.32. The molecule has 0 spiro atoms. The lowest BCUT2D eigenvalue weighted by atomic mass is 9.93. The van der Waals surface area contributed by atoms with Gasteiger partial charge in [0.05, 0.1) is 18.8 Å². The van der Waals surface area contributed by atoms with E-state index in [2.05, 4.69) is 72.0 Å². The molecule has 2 N–H and O–H groups in total. The minimum absolute atomic E-state index is 0.0231. The summed E-state index contributed by atoms with van der Waals surface area (Å²) in [6, 6.07) is 23.8. The molecule has 1 unspecified atom stereocenters. The zero-order valence-electron chi connectivity index (χ0n) is 15.8. The van der Waals surface area contributed by atoms with Gasteiger partial charge in [0.1, 0.15) is 0 Å². The van der Waals surface area contributed by atoms with Crippen LogP contribution in [0.2, 0.25) is 0 Å². The van der Waals surface area contributed by atoms with E-state index in [-0.39, 0.29) is 6.61 Å². The molecule has 0 aliphatic heterocycles. The van der Waals surface area contributed by atoms with E-state index in [0.29, 0.717) is 13.2 Å². The number of methoxy groups -OCH3 is 1. The molecule has 1 atom stereocenters. The van der Waals surface area contributed by atoms with Crippen LogP contribution >= 0.6 is 0 Å². The summed E-state index contributed by atoms with van der Waals surface area (Å²) in [5.41, 5.74) is 0.758. The van der Waals surface area contributed by atoms with Gasteiger partial charge in [-0.05, 0) is 50.9 Å². The Kier molecular flexibility index (Phi) is 4.83. The Hall–Kier alpha value is -2.46. The fourth-order valence-corrected chi connectivity index (χ4v) is 3.86. The zero-order valence-corrected chi connectivity index (χ0v) is 15.8. The molecule has 0 saturated carbocycles. The molecule has 3 nitrogen and oxygen atoms in total. The molecule has 138 valence electrons. The van der Waals surface area contributed by atoms with Gasteiger partial charge >= 0.3 is 0 Å². The van der Waals surface area contributed by atoms with Gasteiger partial charge in [0.25, 0.3) is 0 Å². The molecule has 0 aliphatic carbocycles. The van der Waals surface area contributed by atoms with Crippen molar-refractivity contribution in [2.75, 3.05) is 20.3 Å². The van der Waals surface area contributed by atoms with E-state index in [0.717, 1.165) is 0 Å². The summed E-state index contributed by atoms with van der Waals surface area (Å²) in [6.45, 7) is 3.13. The molecule has 0 aliphatic rings. The fraction of sp³-hybridized carbons (Fsp3) is 0.250. The number of fused-ring (bicyclic) bond motifs is 5. The lowest BCUT2D eigenvalue weighted by Crippen LogP contribution is -2.49. The highest BCUT2D eigenvalue weighted by atomic mass is 16.5. The summed E-state index contributed by atoms with van der Waals surface area (Å²) in [5, 5.41) is 20.8. The van der Waals surface area contributed by atoms with Crippen LogP contribution in [-0.4, -0.2) is 31.0 Å². The normalized spacial score (nSPS) is 14.0. The predicted octanol–water partition coefficient (Wildman–Crippen LogP) is 4.63. The first kappa shape index (κ1) is 17.9. The zero-order chi connectivity index (χ0) is 18.9. The first-order valence-electron chi connectivity index (χ1n) is 9.32. The Labute approximate surface area is 159 Å². The summed E-state index contributed by atoms with van der Waals surface area (Å²) in [7, 11) is 1.66. The van der Waals surface area contributed by atoms with Gasteiger partial charge < -0.3 is 15.2 Å². The van der Waals surface area contributed by atoms with E-state index in [4.69, 9.17) is 4.74 Å². The number of nitrogens with one attached hydrogen (secondary N) is 1. The van der Waals surface area contributed by atoms with Crippen LogP contribution in [0.25, 0.3) is 32.3 Å². The van der Waals surface area contributed by atoms with Gasteiger partial charge in [-0.2, -0.15) is 0 Å². The standard InChI is InChI=1S/C24H25NO2/c1-24(15-26,16-27-2)25-14-18-13-23-19-8-4-3-7-17(19)11-12-22(23)21-10-6-5-9-20(18)21/h3-13,25-26H,14-16H2,1-2H3. The number of benzene rings is 4. The summed E-state index contributed by atoms with van der Waals surface area (Å²) in [5.74, 6) is 0. The van der Waals surface area contributed by atoms with Crippen molar-refractivity contribution < 1.29 is 9.84 Å². The second kappa shape index (κ2) is 7.28. The van der Waals surface area contributed by atoms with Crippen molar-refractivity contribution in [3.63, 3.8) is 0 Å². The molecule has 3 heteroatoms. The average Bonchev–Trinajstić information content (AvgIpc) is 2.72. The number of ether oxygens (including phenoxy) is 1. The second-order valence-corrected chi connectivity index (χ2v) is 7.47. The number of hydrogen-bond acceptors (Lipinski definition) is 3. The van der Waals surface area contributed by atoms with Crippen molar-refractivity contribution in [3.05, 3.63) is 72.3 Å². The van der Waals surface area contributed by atoms with Crippen molar-refractivity contribution in [1.29, 1.82) is 0 Å². The van der Waals surface area contributed by atoms with Gasteiger partial charge in [-0.25, -0.2) is 0 Å². The van der Waals surface area contributed by atoms with E-state index in [1.807, 2.05) is 6.92 Å². The molecule has 0 radical (unpaired) electrons. The van der Waals surface area contributed by atoms with Crippen LogP contribution in [0.3, 0.4) is 0 Å². The van der Waals surface area contributed by atoms with Gasteiger partial charge in [0.2, 0.25) is 0 Å². The Balaban J connectivity index is 1.89. The van der Waals surface area contributed by atoms with Crippen LogP contribution in [0.4, 0.5) is 0 Å². The average molecular weight is 359 g/mol. The molecule has 0 fully saturated rings. The summed E-state index contributed by atoms with van der Waals surface area (Å²) in [6.07, 6.45) is 0. The van der Waals surface area contributed by atoms with E-state index in [9.17, 15) is 5.11 Å². The SMILES string of the molecule is COCC(C)(CO)NCc1cc2c3ccccc3ccc2c2ccccc12. The smallest absolute Gasteiger partial charge is 0.0664 e. The van der Waals surface area contributed by atoms with Crippen molar-refractivity contribution in [2.24, 2.45) is 0 Å². The van der Waals surface area contributed by atoms with Gasteiger partial charge in [-0.1, -0.05) is 60.7 Å². The van der Waals surface area contributed by atoms with Gasteiger partial charge in [-0.15, -0.1) is 0 Å². The summed E-state index contributed by atoms with van der Waals surface area (Å²) in [4.78, 5) is 0. The molecular weight excluding hydrogens is 334 g/mol. The topological polar surface area (TPSA) is 41.5 Å². The van der Waals surface area contributed by atoms with E-state index in [1.165, 1.54) is 37.9 Å². The molecule has 4 aromatic rings. The van der Waals surface area contributed by atoms with Crippen molar-refractivity contribution >= 4 is 32.3 Å². The maximum Gasteiger partial charge on any atom is 0.0664 e. The van der Waals surface area contributed by atoms with Crippen molar-refractivity contribution in [3.8, 4) is 0 Å². The second-order valence-electron chi connectivity index (χ2n) is 7.47. The van der Waals surface area contributed by atoms with Crippen molar-refractivity contribution in [2.45, 2.75) is 19.0 Å². The molecule has 0 bridgehead atoms. The lowest BCUT2D eigenvalue weighted by Gasteiger charge is -2.28. The molecule has 4 rings (SSSR count). The Morgan fingerprint density at radius 2 is 1.52 bits per heavy atom. The quantitative estimate of drug-likeness (QED) is 0.493. The third-order valence-electron chi connectivity index (χ3n) is 5.37. The molecule has 0 heterocycles. The Morgan fingerprint density at radius 1 is 0.852 bits per heavy atom. The Morgan fingerprint density at radius 3 is 2.26 bits per heavy atom. The predicted molar refractivity (Wildman–Crippen MR) is 113 cm³/mol. The molecular formula is C24H25NO2. The molecule has 0 amide bonds. The third kappa shape index (κ3) is 3.30. The van der Waals surface area contributed by atoms with Crippen LogP contribution in [0.1, 0.15) is 12.5 Å². The van der Waals surface area contributed by atoms with Gasteiger partial charge in [0.15, 0.2) is 0 Å². The monoisotopic (exact) mass is 359 g/mol. The number of aliphatic hydroxyl groups excluding tert-OH is 1. The number of hydrogen-bond donors (Lipinski definition) is 2. The number of aliphatic hydroxyl groups is 1. The van der Waals surface area contributed by atoms with Crippen LogP contribution in [-0.2, 0) is 11.3 Å². The highest BCUT2D eigenvalue weighted by Crippen LogP contribution is 2.33. The molecule has 0 saturated heterocycles. The Bertz CT molecular complexity index is 1110. The lowest BCUT2D eigenvalue weighted by molar-refractivity contribution is 0.0723. The number of rotatable bonds is 6. The molecule has 4 aromatic carbocycles. The van der Waals surface area contributed by atoms with E-state index < -0.39 is 5.54 Å². The van der Waals surface area contributed by atoms with E-state index in [1.54, 1.807) is 7.11 Å². The van der Waals surface area contributed by atoms with Crippen LogP contribution < -0.4 is 5.32 Å². The largest absolute Gasteiger partial charge is 0.394 e. The van der Waals surface area contributed by atoms with Crippen LogP contribution in [0, 0.1) is 0 Å².